The minimum Gasteiger partial charge on any atom is -0.478 e. The van der Waals surface area contributed by atoms with Crippen LogP contribution in [0.1, 0.15) is 33.1 Å². The van der Waals surface area contributed by atoms with Gasteiger partial charge in [-0.05, 0) is 33.1 Å². The summed E-state index contributed by atoms with van der Waals surface area (Å²) < 4.78 is 4.77. The van der Waals surface area contributed by atoms with Crippen LogP contribution in [0.2, 0.25) is 0 Å². The molecule has 4 heteroatoms. The van der Waals surface area contributed by atoms with Gasteiger partial charge >= 0.3 is 11.9 Å². The van der Waals surface area contributed by atoms with E-state index in [4.69, 9.17) is 9.84 Å². The Morgan fingerprint density at radius 1 is 1.26 bits per heavy atom. The zero-order valence-corrected chi connectivity index (χ0v) is 11.6. The number of hydrogen-bond acceptors (Lipinski definition) is 3. The molecule has 0 radical (unpaired) electrons. The second-order valence-electron chi connectivity index (χ2n) is 3.48. The lowest BCUT2D eigenvalue weighted by Gasteiger charge is -2.01. The van der Waals surface area contributed by atoms with Gasteiger partial charge in [-0.3, -0.25) is 0 Å². The molecule has 106 valence electrons. The van der Waals surface area contributed by atoms with Gasteiger partial charge < -0.3 is 9.84 Å². The number of ether oxygens (including phenoxy) is 1. The Bertz CT molecular complexity index is 351. The van der Waals surface area contributed by atoms with E-state index in [9.17, 15) is 9.59 Å². The van der Waals surface area contributed by atoms with Crippen molar-refractivity contribution in [2.24, 2.45) is 0 Å². The molecule has 0 bridgehead atoms. The maximum Gasteiger partial charge on any atom is 0.338 e. The van der Waals surface area contributed by atoms with Crippen LogP contribution in [-0.2, 0) is 14.3 Å². The molecule has 0 saturated heterocycles. The summed E-state index contributed by atoms with van der Waals surface area (Å²) in [4.78, 5) is 20.4. The van der Waals surface area contributed by atoms with Gasteiger partial charge in [-0.25, -0.2) is 9.59 Å². The van der Waals surface area contributed by atoms with Gasteiger partial charge in [0.2, 0.25) is 0 Å². The highest BCUT2D eigenvalue weighted by atomic mass is 16.5. The molecule has 0 aromatic rings. The fraction of sp³-hybridized carbons (Fsp3) is 0.333. The van der Waals surface area contributed by atoms with E-state index in [1.807, 2.05) is 13.0 Å². The number of rotatable bonds is 7. The predicted molar refractivity (Wildman–Crippen MR) is 76.5 cm³/mol. The normalized spacial score (nSPS) is 9.79. The Balaban J connectivity index is 0. The number of carboxylic acids is 1. The van der Waals surface area contributed by atoms with Crippen LogP contribution in [0.4, 0.5) is 0 Å². The first kappa shape index (κ1) is 19.2. The van der Waals surface area contributed by atoms with Gasteiger partial charge in [0.1, 0.15) is 0 Å². The number of aliphatic carboxylic acids is 1. The van der Waals surface area contributed by atoms with Crippen molar-refractivity contribution in [3.05, 3.63) is 49.3 Å². The average Bonchev–Trinajstić information content (AvgIpc) is 2.41. The van der Waals surface area contributed by atoms with E-state index < -0.39 is 5.97 Å². The maximum absolute atomic E-state index is 11.2. The molecule has 0 aliphatic rings. The van der Waals surface area contributed by atoms with Crippen LogP contribution in [0.25, 0.3) is 0 Å². The van der Waals surface area contributed by atoms with E-state index >= 15 is 0 Å². The average molecular weight is 266 g/mol. The lowest BCUT2D eigenvalue weighted by Crippen LogP contribution is -2.02. The first-order valence-corrected chi connectivity index (χ1v) is 5.96. The summed E-state index contributed by atoms with van der Waals surface area (Å²) in [6.07, 6.45) is 10.6. The van der Waals surface area contributed by atoms with Gasteiger partial charge in [-0.2, -0.15) is 0 Å². The first-order valence-electron chi connectivity index (χ1n) is 5.96. The second-order valence-corrected chi connectivity index (χ2v) is 3.48. The van der Waals surface area contributed by atoms with Gasteiger partial charge in [0.25, 0.3) is 0 Å². The van der Waals surface area contributed by atoms with Crippen molar-refractivity contribution in [1.29, 1.82) is 0 Å². The number of carboxylic acid groups (broad SMARTS) is 1. The molecule has 0 aromatic carbocycles. The molecule has 0 spiro atoms. The summed E-state index contributed by atoms with van der Waals surface area (Å²) in [7, 11) is 0. The van der Waals surface area contributed by atoms with Crippen LogP contribution >= 0.6 is 0 Å². The van der Waals surface area contributed by atoms with Crippen molar-refractivity contribution in [1.82, 2.24) is 0 Å². The molecule has 0 atom stereocenters. The molecule has 0 rings (SSSR count). The smallest absolute Gasteiger partial charge is 0.338 e. The third-order valence-corrected chi connectivity index (χ3v) is 1.86. The number of allylic oxidation sites excluding steroid dienone is 3. The van der Waals surface area contributed by atoms with Crippen LogP contribution in [-0.4, -0.2) is 17.0 Å². The minimum atomic E-state index is -0.981. The van der Waals surface area contributed by atoms with Crippen molar-refractivity contribution in [2.45, 2.75) is 33.1 Å². The van der Waals surface area contributed by atoms with Gasteiger partial charge in [-0.1, -0.05) is 31.4 Å². The third-order valence-electron chi connectivity index (χ3n) is 1.86. The van der Waals surface area contributed by atoms with Crippen LogP contribution in [0, 0.1) is 0 Å². The Hall–Kier alpha value is -2.10. The topological polar surface area (TPSA) is 63.6 Å². The fourth-order valence-corrected chi connectivity index (χ4v) is 0.915. The quantitative estimate of drug-likeness (QED) is 0.251. The molecule has 1 N–H and O–H groups in total. The highest BCUT2D eigenvalue weighted by Gasteiger charge is 2.05. The number of unbranched alkanes of at least 4 members (excludes halogenated alkanes) is 1. The molecule has 0 unspecified atom stereocenters. The Labute approximate surface area is 114 Å². The van der Waals surface area contributed by atoms with Crippen LogP contribution in [0.5, 0.6) is 0 Å². The van der Waals surface area contributed by atoms with E-state index in [1.165, 1.54) is 6.26 Å². The summed E-state index contributed by atoms with van der Waals surface area (Å²) in [6, 6.07) is 0. The Morgan fingerprint density at radius 3 is 2.26 bits per heavy atom. The molecule has 19 heavy (non-hydrogen) atoms. The van der Waals surface area contributed by atoms with Crippen molar-refractivity contribution in [3.63, 3.8) is 0 Å². The number of hydrogen-bond donors (Lipinski definition) is 1. The second kappa shape index (κ2) is 14.0. The first-order chi connectivity index (χ1) is 8.99. The molecule has 0 aliphatic heterocycles. The summed E-state index contributed by atoms with van der Waals surface area (Å²) >= 11 is 0. The number of carbonyl (C=O) groups is 2. The van der Waals surface area contributed by atoms with Crippen LogP contribution in [0.3, 0.4) is 0 Å². The van der Waals surface area contributed by atoms with Crippen molar-refractivity contribution >= 4 is 11.9 Å². The van der Waals surface area contributed by atoms with Gasteiger partial charge in [-0.15, -0.1) is 0 Å². The summed E-state index contributed by atoms with van der Waals surface area (Å²) in [5, 5.41) is 7.60. The molecule has 0 aromatic heterocycles. The van der Waals surface area contributed by atoms with Crippen molar-refractivity contribution in [3.8, 4) is 0 Å². The highest BCUT2D eigenvalue weighted by Crippen LogP contribution is 2.07. The molecule has 0 aliphatic carbocycles. The molecule has 0 heterocycles. The summed E-state index contributed by atoms with van der Waals surface area (Å²) in [6.45, 7) is 10.4. The van der Waals surface area contributed by atoms with Crippen LogP contribution < -0.4 is 0 Å². The number of esters is 1. The highest BCUT2D eigenvalue weighted by molar-refractivity contribution is 5.88. The SMILES string of the molecule is C=C(CCCC=CC)C(=O)OC=CC.C=CC(=O)O. The molecule has 4 nitrogen and oxygen atoms in total. The van der Waals surface area contributed by atoms with Gasteiger partial charge in [0.05, 0.1) is 6.26 Å². The van der Waals surface area contributed by atoms with E-state index in [1.54, 1.807) is 13.0 Å². The van der Waals surface area contributed by atoms with Crippen LogP contribution in [0.15, 0.2) is 49.3 Å². The Kier molecular flexibility index (Phi) is 14.1. The third kappa shape index (κ3) is 15.9. The minimum absolute atomic E-state index is 0.330. The van der Waals surface area contributed by atoms with Crippen molar-refractivity contribution < 1.29 is 19.4 Å². The molecular weight excluding hydrogens is 244 g/mol. The molecule has 0 amide bonds. The van der Waals surface area contributed by atoms with Gasteiger partial charge in [0.15, 0.2) is 0 Å². The zero-order valence-electron chi connectivity index (χ0n) is 11.6. The standard InChI is InChI=1S/C12H18O2.C3H4O2/c1-4-6-7-8-9-11(3)12(13)14-10-5-2;1-2-3(4)5/h4-6,10H,3,7-9H2,1-2H3;2H,1H2,(H,4,5). The monoisotopic (exact) mass is 266 g/mol. The maximum atomic E-state index is 11.2. The summed E-state index contributed by atoms with van der Waals surface area (Å²) in [5.74, 6) is -1.31. The predicted octanol–water partition coefficient (Wildman–Crippen LogP) is 3.62. The summed E-state index contributed by atoms with van der Waals surface area (Å²) in [5.41, 5.74) is 0.535. The van der Waals surface area contributed by atoms with Crippen molar-refractivity contribution in [2.75, 3.05) is 0 Å². The number of carbonyl (C=O) groups excluding carboxylic acids is 1. The lowest BCUT2D eigenvalue weighted by atomic mass is 10.1. The molecule has 0 fully saturated rings. The fourth-order valence-electron chi connectivity index (χ4n) is 0.915. The molecular formula is C15H22O4. The Morgan fingerprint density at radius 2 is 1.84 bits per heavy atom. The van der Waals surface area contributed by atoms with E-state index in [-0.39, 0.29) is 5.97 Å². The largest absolute Gasteiger partial charge is 0.478 e. The molecule has 0 saturated carbocycles. The van der Waals surface area contributed by atoms with E-state index in [0.29, 0.717) is 12.0 Å². The van der Waals surface area contributed by atoms with E-state index in [2.05, 4.69) is 19.2 Å². The van der Waals surface area contributed by atoms with Gasteiger partial charge in [0, 0.05) is 11.6 Å². The zero-order chi connectivity index (χ0) is 15.1. The van der Waals surface area contributed by atoms with E-state index in [0.717, 1.165) is 18.9 Å². The lowest BCUT2D eigenvalue weighted by molar-refractivity contribution is -0.134.